The monoisotopic (exact) mass is 391 g/mol. The maximum Gasteiger partial charge on any atom is 0.245 e. The normalized spacial score (nSPS) is 16.0. The summed E-state index contributed by atoms with van der Waals surface area (Å²) in [5.74, 6) is 0.0583. The molecule has 0 radical (unpaired) electrons. The molecule has 1 aliphatic heterocycles. The van der Waals surface area contributed by atoms with Crippen molar-refractivity contribution in [1.82, 2.24) is 19.5 Å². The van der Waals surface area contributed by atoms with E-state index in [1.807, 2.05) is 42.3 Å². The molecule has 3 aromatic rings. The number of morpholine rings is 1. The van der Waals surface area contributed by atoms with Crippen LogP contribution in [0.3, 0.4) is 0 Å². The van der Waals surface area contributed by atoms with Crippen molar-refractivity contribution < 1.29 is 9.53 Å². The molecule has 1 amide bonds. The molecule has 0 spiro atoms. The number of hydrogen-bond acceptors (Lipinski definition) is 6. The molecule has 7 nitrogen and oxygen atoms in total. The van der Waals surface area contributed by atoms with E-state index in [-0.39, 0.29) is 11.9 Å². The van der Waals surface area contributed by atoms with Crippen molar-refractivity contribution in [2.24, 2.45) is 0 Å². The van der Waals surface area contributed by atoms with E-state index in [1.165, 1.54) is 11.3 Å². The summed E-state index contributed by atoms with van der Waals surface area (Å²) in [5, 5.41) is 9.03. The zero-order valence-corrected chi connectivity index (χ0v) is 15.8. The number of rotatable bonds is 4. The Morgan fingerprint density at radius 3 is 2.73 bits per heavy atom. The summed E-state index contributed by atoms with van der Waals surface area (Å²) in [6, 6.07) is 7.18. The number of halogens is 1. The highest BCUT2D eigenvalue weighted by molar-refractivity contribution is 7.20. The minimum atomic E-state index is -0.348. The van der Waals surface area contributed by atoms with Crippen LogP contribution < -0.4 is 5.32 Å². The molecule has 1 aromatic carbocycles. The third-order valence-corrected chi connectivity index (χ3v) is 5.32. The van der Waals surface area contributed by atoms with E-state index in [9.17, 15) is 4.79 Å². The quantitative estimate of drug-likeness (QED) is 0.740. The van der Waals surface area contributed by atoms with E-state index in [1.54, 1.807) is 4.52 Å². The van der Waals surface area contributed by atoms with Crippen molar-refractivity contribution in [2.75, 3.05) is 31.6 Å². The van der Waals surface area contributed by atoms with Crippen LogP contribution in [0.1, 0.15) is 6.92 Å². The first kappa shape index (κ1) is 17.3. The second kappa shape index (κ2) is 7.22. The highest BCUT2D eigenvalue weighted by atomic mass is 35.5. The second-order valence-electron chi connectivity index (χ2n) is 6.07. The van der Waals surface area contributed by atoms with Crippen molar-refractivity contribution >= 4 is 38.9 Å². The van der Waals surface area contributed by atoms with Gasteiger partial charge >= 0.3 is 0 Å². The van der Waals surface area contributed by atoms with Crippen LogP contribution in [0.2, 0.25) is 5.02 Å². The third kappa shape index (κ3) is 3.53. The molecule has 1 saturated heterocycles. The molecule has 0 aliphatic carbocycles. The van der Waals surface area contributed by atoms with E-state index in [4.69, 9.17) is 16.3 Å². The van der Waals surface area contributed by atoms with Crippen molar-refractivity contribution in [1.29, 1.82) is 0 Å². The van der Waals surface area contributed by atoms with Gasteiger partial charge in [-0.05, 0) is 19.1 Å². The fourth-order valence-electron chi connectivity index (χ4n) is 2.82. The van der Waals surface area contributed by atoms with Gasteiger partial charge in [-0.1, -0.05) is 35.1 Å². The predicted octanol–water partition coefficient (Wildman–Crippen LogP) is 2.77. The largest absolute Gasteiger partial charge is 0.378 e. The smallest absolute Gasteiger partial charge is 0.245 e. The Kier molecular flexibility index (Phi) is 4.80. The third-order valence-electron chi connectivity index (χ3n) is 4.22. The Morgan fingerprint density at radius 1 is 1.31 bits per heavy atom. The zero-order chi connectivity index (χ0) is 18.1. The molecule has 2 aromatic heterocycles. The van der Waals surface area contributed by atoms with E-state index in [0.717, 1.165) is 16.2 Å². The highest BCUT2D eigenvalue weighted by Crippen LogP contribution is 2.25. The lowest BCUT2D eigenvalue weighted by Crippen LogP contribution is -2.47. The maximum absolute atomic E-state index is 12.5. The molecular weight excluding hydrogens is 374 g/mol. The van der Waals surface area contributed by atoms with Crippen molar-refractivity contribution in [3.63, 3.8) is 0 Å². The average Bonchev–Trinajstić information content (AvgIpc) is 3.21. The first-order chi connectivity index (χ1) is 12.6. The summed E-state index contributed by atoms with van der Waals surface area (Å²) in [6.45, 7) is 4.31. The molecule has 9 heteroatoms. The standard InChI is InChI=1S/C17H18ClN5O2S/c1-11(15(24)22-6-8-25-9-7-22)19-16-21-23-10-14(20-17(23)26-16)12-2-4-13(18)5-3-12/h2-5,10-11H,6-9H2,1H3,(H,19,21). The number of aromatic nitrogens is 3. The Morgan fingerprint density at radius 2 is 2.04 bits per heavy atom. The van der Waals surface area contributed by atoms with Gasteiger partial charge in [-0.25, -0.2) is 9.50 Å². The maximum atomic E-state index is 12.5. The average molecular weight is 392 g/mol. The summed E-state index contributed by atoms with van der Waals surface area (Å²) >= 11 is 7.34. The lowest BCUT2D eigenvalue weighted by Gasteiger charge is -2.29. The Balaban J connectivity index is 1.46. The van der Waals surface area contributed by atoms with Crippen LogP contribution in [-0.4, -0.2) is 57.8 Å². The number of carbonyl (C=O) groups excluding carboxylic acids is 1. The number of benzene rings is 1. The zero-order valence-electron chi connectivity index (χ0n) is 14.2. The SMILES string of the molecule is CC(Nc1nn2cc(-c3ccc(Cl)cc3)nc2s1)C(=O)N1CCOCC1. The summed E-state index contributed by atoms with van der Waals surface area (Å²) in [5.41, 5.74) is 1.82. The van der Waals surface area contributed by atoms with Crippen LogP contribution >= 0.6 is 22.9 Å². The Bertz CT molecular complexity index is 886. The van der Waals surface area contributed by atoms with E-state index < -0.39 is 0 Å². The number of ether oxygens (including phenoxy) is 1. The van der Waals surface area contributed by atoms with Crippen LogP contribution in [0.25, 0.3) is 16.2 Å². The summed E-state index contributed by atoms with van der Waals surface area (Å²) < 4.78 is 7.01. The molecule has 1 aliphatic rings. The van der Waals surface area contributed by atoms with Crippen LogP contribution in [0, 0.1) is 0 Å². The van der Waals surface area contributed by atoms with Crippen molar-refractivity contribution in [3.8, 4) is 11.3 Å². The van der Waals surface area contributed by atoms with E-state index >= 15 is 0 Å². The Labute approximate surface area is 159 Å². The van der Waals surface area contributed by atoms with Gasteiger partial charge in [-0.2, -0.15) is 0 Å². The van der Waals surface area contributed by atoms with Gasteiger partial charge < -0.3 is 15.0 Å². The fraction of sp³-hybridized carbons (Fsp3) is 0.353. The van der Waals surface area contributed by atoms with Gasteiger partial charge in [0.25, 0.3) is 0 Å². The first-order valence-corrected chi connectivity index (χ1v) is 9.55. The molecule has 1 unspecified atom stereocenters. The van der Waals surface area contributed by atoms with Crippen LogP contribution in [-0.2, 0) is 9.53 Å². The molecule has 1 atom stereocenters. The Hall–Kier alpha value is -2.16. The summed E-state index contributed by atoms with van der Waals surface area (Å²) in [4.78, 5) is 19.7. The molecule has 0 bridgehead atoms. The van der Waals surface area contributed by atoms with Crippen LogP contribution in [0.5, 0.6) is 0 Å². The number of anilines is 1. The highest BCUT2D eigenvalue weighted by Gasteiger charge is 2.23. The number of carbonyl (C=O) groups is 1. The molecule has 136 valence electrons. The van der Waals surface area contributed by atoms with Crippen molar-refractivity contribution in [2.45, 2.75) is 13.0 Å². The van der Waals surface area contributed by atoms with Gasteiger partial charge in [-0.3, -0.25) is 4.79 Å². The molecule has 1 N–H and O–H groups in total. The molecule has 3 heterocycles. The fourth-order valence-corrected chi connectivity index (χ4v) is 3.82. The number of nitrogens with zero attached hydrogens (tertiary/aromatic N) is 4. The molecule has 4 rings (SSSR count). The summed E-state index contributed by atoms with van der Waals surface area (Å²) in [6.07, 6.45) is 1.87. The number of imidazole rings is 1. The lowest BCUT2D eigenvalue weighted by atomic mass is 10.2. The second-order valence-corrected chi connectivity index (χ2v) is 7.46. The van der Waals surface area contributed by atoms with Gasteiger partial charge in [-0.15, -0.1) is 5.10 Å². The van der Waals surface area contributed by atoms with Crippen molar-refractivity contribution in [3.05, 3.63) is 35.5 Å². The number of amides is 1. The minimum absolute atomic E-state index is 0.0583. The van der Waals surface area contributed by atoms with Crippen LogP contribution in [0.4, 0.5) is 5.13 Å². The minimum Gasteiger partial charge on any atom is -0.378 e. The predicted molar refractivity (Wildman–Crippen MR) is 102 cm³/mol. The van der Waals surface area contributed by atoms with Gasteiger partial charge in [0.15, 0.2) is 0 Å². The number of hydrogen-bond donors (Lipinski definition) is 1. The van der Waals surface area contributed by atoms with Gasteiger partial charge in [0.1, 0.15) is 6.04 Å². The van der Waals surface area contributed by atoms with Gasteiger partial charge in [0.2, 0.25) is 16.0 Å². The molecule has 0 saturated carbocycles. The molecule has 26 heavy (non-hydrogen) atoms. The molecular formula is C17H18ClN5O2S. The van der Waals surface area contributed by atoms with Gasteiger partial charge in [0, 0.05) is 23.7 Å². The lowest BCUT2D eigenvalue weighted by molar-refractivity contribution is -0.135. The first-order valence-electron chi connectivity index (χ1n) is 8.35. The van der Waals surface area contributed by atoms with Gasteiger partial charge in [0.05, 0.1) is 25.1 Å². The number of nitrogens with one attached hydrogen (secondary N) is 1. The van der Waals surface area contributed by atoms with Crippen LogP contribution in [0.15, 0.2) is 30.5 Å². The molecule has 1 fully saturated rings. The topological polar surface area (TPSA) is 71.8 Å². The number of fused-ring (bicyclic) bond motifs is 1. The van der Waals surface area contributed by atoms with E-state index in [2.05, 4.69) is 15.4 Å². The van der Waals surface area contributed by atoms with E-state index in [0.29, 0.717) is 36.5 Å². The summed E-state index contributed by atoms with van der Waals surface area (Å²) in [7, 11) is 0.